The molecule has 30 heavy (non-hydrogen) atoms. The molecule has 1 atom stereocenters. The first-order valence-corrected chi connectivity index (χ1v) is 9.21. The molecule has 1 unspecified atom stereocenters. The van der Waals surface area contributed by atoms with Gasteiger partial charge in [0.2, 0.25) is 0 Å². The fraction of sp³-hybridized carbons (Fsp3) is 0.0909. The van der Waals surface area contributed by atoms with Crippen molar-refractivity contribution in [1.29, 1.82) is 0 Å². The van der Waals surface area contributed by atoms with E-state index in [2.05, 4.69) is 20.6 Å². The van der Waals surface area contributed by atoms with E-state index < -0.39 is 5.91 Å². The lowest BCUT2D eigenvalue weighted by Crippen LogP contribution is -2.27. The van der Waals surface area contributed by atoms with Crippen molar-refractivity contribution in [2.75, 3.05) is 0 Å². The highest BCUT2D eigenvalue weighted by Crippen LogP contribution is 2.25. The van der Waals surface area contributed by atoms with Crippen LogP contribution < -0.4 is 5.32 Å². The number of amides is 1. The first-order chi connectivity index (χ1) is 14.5. The number of nitrogens with one attached hydrogen (secondary N) is 1. The summed E-state index contributed by atoms with van der Waals surface area (Å²) in [5.41, 5.74) is 2.55. The standard InChI is InChI=1S/C22H17F2N5O/c1-14(15-2-4-17(23)5-3-15)26-22(30)20-21(16-10-12-25-13-11-16)29(28-27-20)19-8-6-18(24)7-9-19/h2-14H,1H3,(H,26,30). The predicted octanol–water partition coefficient (Wildman–Crippen LogP) is 4.10. The maximum Gasteiger partial charge on any atom is 0.274 e. The van der Waals surface area contributed by atoms with E-state index in [1.165, 1.54) is 28.9 Å². The number of carbonyl (C=O) groups excluding carboxylic acids is 1. The van der Waals surface area contributed by atoms with Gasteiger partial charge in [0.15, 0.2) is 5.69 Å². The van der Waals surface area contributed by atoms with E-state index in [-0.39, 0.29) is 23.4 Å². The van der Waals surface area contributed by atoms with Crippen LogP contribution >= 0.6 is 0 Å². The molecule has 0 bridgehead atoms. The van der Waals surface area contributed by atoms with Gasteiger partial charge in [0.25, 0.3) is 5.91 Å². The van der Waals surface area contributed by atoms with Crippen molar-refractivity contribution < 1.29 is 13.6 Å². The van der Waals surface area contributed by atoms with E-state index in [1.807, 2.05) is 0 Å². The molecule has 4 aromatic rings. The Kier molecular flexibility index (Phi) is 5.30. The number of nitrogens with zero attached hydrogens (tertiary/aromatic N) is 4. The Bertz CT molecular complexity index is 1160. The van der Waals surface area contributed by atoms with Gasteiger partial charge in [0.1, 0.15) is 17.3 Å². The molecule has 0 aliphatic rings. The Balaban J connectivity index is 1.71. The van der Waals surface area contributed by atoms with Crippen molar-refractivity contribution in [2.45, 2.75) is 13.0 Å². The van der Waals surface area contributed by atoms with Gasteiger partial charge >= 0.3 is 0 Å². The van der Waals surface area contributed by atoms with Crippen molar-refractivity contribution in [2.24, 2.45) is 0 Å². The minimum Gasteiger partial charge on any atom is -0.344 e. The minimum absolute atomic E-state index is 0.111. The summed E-state index contributed by atoms with van der Waals surface area (Å²) in [6, 6.07) is 14.7. The Morgan fingerprint density at radius 2 is 1.53 bits per heavy atom. The molecule has 0 aliphatic carbocycles. The highest BCUT2D eigenvalue weighted by Gasteiger charge is 2.23. The first kappa shape index (κ1) is 19.4. The lowest BCUT2D eigenvalue weighted by atomic mass is 10.1. The SMILES string of the molecule is CC(NC(=O)c1nnn(-c2ccc(F)cc2)c1-c1ccncc1)c1ccc(F)cc1. The highest BCUT2D eigenvalue weighted by atomic mass is 19.1. The summed E-state index contributed by atoms with van der Waals surface area (Å²) in [5.74, 6) is -1.16. The largest absolute Gasteiger partial charge is 0.344 e. The minimum atomic E-state index is -0.438. The Hall–Kier alpha value is -3.94. The summed E-state index contributed by atoms with van der Waals surface area (Å²) >= 11 is 0. The molecule has 1 amide bonds. The zero-order valence-corrected chi connectivity index (χ0v) is 16.0. The van der Waals surface area contributed by atoms with Gasteiger partial charge in [0.05, 0.1) is 11.7 Å². The summed E-state index contributed by atoms with van der Waals surface area (Å²) in [7, 11) is 0. The van der Waals surface area contributed by atoms with Crippen LogP contribution in [0.4, 0.5) is 8.78 Å². The second-order valence-electron chi connectivity index (χ2n) is 6.66. The Labute approximate surface area is 171 Å². The molecule has 0 saturated heterocycles. The van der Waals surface area contributed by atoms with Crippen LogP contribution in [0.1, 0.15) is 29.0 Å². The smallest absolute Gasteiger partial charge is 0.274 e. The monoisotopic (exact) mass is 405 g/mol. The van der Waals surface area contributed by atoms with Gasteiger partial charge in [-0.1, -0.05) is 17.3 Å². The highest BCUT2D eigenvalue weighted by molar-refractivity contribution is 5.98. The van der Waals surface area contributed by atoms with Gasteiger partial charge < -0.3 is 5.32 Å². The van der Waals surface area contributed by atoms with Crippen LogP contribution in [0.25, 0.3) is 16.9 Å². The first-order valence-electron chi connectivity index (χ1n) is 9.21. The molecule has 2 aromatic heterocycles. The lowest BCUT2D eigenvalue weighted by molar-refractivity contribution is 0.0935. The molecule has 4 rings (SSSR count). The molecular weight excluding hydrogens is 388 g/mol. The van der Waals surface area contributed by atoms with Crippen LogP contribution in [0.3, 0.4) is 0 Å². The van der Waals surface area contributed by atoms with Crippen molar-refractivity contribution in [1.82, 2.24) is 25.3 Å². The van der Waals surface area contributed by atoms with Crippen LogP contribution in [0, 0.1) is 11.6 Å². The number of hydrogen-bond acceptors (Lipinski definition) is 4. The molecule has 0 aliphatic heterocycles. The Morgan fingerprint density at radius 3 is 2.17 bits per heavy atom. The van der Waals surface area contributed by atoms with E-state index in [0.29, 0.717) is 16.9 Å². The van der Waals surface area contributed by atoms with E-state index in [9.17, 15) is 13.6 Å². The fourth-order valence-electron chi connectivity index (χ4n) is 3.07. The van der Waals surface area contributed by atoms with Crippen LogP contribution in [-0.4, -0.2) is 25.9 Å². The van der Waals surface area contributed by atoms with E-state index in [1.54, 1.807) is 55.7 Å². The average molecular weight is 405 g/mol. The van der Waals surface area contributed by atoms with Gasteiger partial charge in [-0.15, -0.1) is 5.10 Å². The lowest BCUT2D eigenvalue weighted by Gasteiger charge is -2.14. The summed E-state index contributed by atoms with van der Waals surface area (Å²) in [4.78, 5) is 17.0. The van der Waals surface area contributed by atoms with Gasteiger partial charge in [-0.25, -0.2) is 13.5 Å². The fourth-order valence-corrected chi connectivity index (χ4v) is 3.07. The van der Waals surface area contributed by atoms with Crippen LogP contribution in [0.2, 0.25) is 0 Å². The molecule has 0 saturated carbocycles. The van der Waals surface area contributed by atoms with E-state index in [0.717, 1.165) is 5.56 Å². The molecule has 6 nitrogen and oxygen atoms in total. The topological polar surface area (TPSA) is 72.7 Å². The molecular formula is C22H17F2N5O. The third kappa shape index (κ3) is 3.93. The van der Waals surface area contributed by atoms with Crippen LogP contribution in [0.15, 0.2) is 73.1 Å². The number of halogens is 2. The zero-order valence-electron chi connectivity index (χ0n) is 16.0. The van der Waals surface area contributed by atoms with Crippen LogP contribution in [-0.2, 0) is 0 Å². The number of hydrogen-bond donors (Lipinski definition) is 1. The summed E-state index contributed by atoms with van der Waals surface area (Å²) < 4.78 is 28.0. The normalized spacial score (nSPS) is 11.8. The number of benzene rings is 2. The van der Waals surface area contributed by atoms with Crippen molar-refractivity contribution >= 4 is 5.91 Å². The molecule has 0 spiro atoms. The van der Waals surface area contributed by atoms with Gasteiger partial charge in [-0.3, -0.25) is 9.78 Å². The number of carbonyl (C=O) groups is 1. The number of pyridine rings is 1. The molecule has 2 heterocycles. The maximum atomic E-state index is 13.3. The van der Waals surface area contributed by atoms with Crippen molar-refractivity contribution in [3.05, 3.63) is 95.9 Å². The quantitative estimate of drug-likeness (QED) is 0.543. The molecule has 8 heteroatoms. The average Bonchev–Trinajstić information content (AvgIpc) is 3.20. The molecule has 2 aromatic carbocycles. The third-order valence-corrected chi connectivity index (χ3v) is 4.63. The van der Waals surface area contributed by atoms with Gasteiger partial charge in [0, 0.05) is 18.0 Å². The number of rotatable bonds is 5. The molecule has 0 fully saturated rings. The molecule has 0 radical (unpaired) electrons. The number of aromatic nitrogens is 4. The summed E-state index contributed by atoms with van der Waals surface area (Å²) in [6.07, 6.45) is 3.19. The van der Waals surface area contributed by atoms with Crippen LogP contribution in [0.5, 0.6) is 0 Å². The molecule has 1 N–H and O–H groups in total. The third-order valence-electron chi connectivity index (χ3n) is 4.63. The van der Waals surface area contributed by atoms with E-state index in [4.69, 9.17) is 0 Å². The maximum absolute atomic E-state index is 13.3. The Morgan fingerprint density at radius 1 is 0.933 bits per heavy atom. The second kappa shape index (κ2) is 8.20. The van der Waals surface area contributed by atoms with E-state index >= 15 is 0 Å². The van der Waals surface area contributed by atoms with Gasteiger partial charge in [-0.2, -0.15) is 0 Å². The van der Waals surface area contributed by atoms with Crippen molar-refractivity contribution in [3.63, 3.8) is 0 Å². The summed E-state index contributed by atoms with van der Waals surface area (Å²) in [5, 5.41) is 11.1. The van der Waals surface area contributed by atoms with Crippen molar-refractivity contribution in [3.8, 4) is 16.9 Å². The predicted molar refractivity (Wildman–Crippen MR) is 107 cm³/mol. The zero-order chi connectivity index (χ0) is 21.1. The second-order valence-corrected chi connectivity index (χ2v) is 6.66. The van der Waals surface area contributed by atoms with Gasteiger partial charge in [-0.05, 0) is 61.0 Å². The molecule has 150 valence electrons. The summed E-state index contributed by atoms with van der Waals surface area (Å²) in [6.45, 7) is 1.79.